The minimum Gasteiger partial charge on any atom is -0.462 e. The molecule has 0 saturated carbocycles. The van der Waals surface area contributed by atoms with Gasteiger partial charge in [0.05, 0.1) is 0 Å². The first-order valence-electron chi connectivity index (χ1n) is 31.4. The number of ether oxygens (including phenoxy) is 3. The van der Waals surface area contributed by atoms with E-state index in [0.717, 1.165) is 122 Å². The number of esters is 3. The molecule has 0 N–H and O–H groups in total. The second-order valence-corrected chi connectivity index (χ2v) is 20.6. The van der Waals surface area contributed by atoms with E-state index >= 15 is 0 Å². The molecule has 0 aliphatic carbocycles. The highest BCUT2D eigenvalue weighted by Crippen LogP contribution is 2.16. The van der Waals surface area contributed by atoms with Crippen molar-refractivity contribution in [2.75, 3.05) is 13.2 Å². The lowest BCUT2D eigenvalue weighted by Crippen LogP contribution is -2.30. The van der Waals surface area contributed by atoms with Gasteiger partial charge in [-0.2, -0.15) is 0 Å². The van der Waals surface area contributed by atoms with Gasteiger partial charge in [0.15, 0.2) is 6.10 Å². The molecule has 0 heterocycles. The van der Waals surface area contributed by atoms with Crippen LogP contribution in [-0.2, 0) is 28.6 Å². The predicted octanol–water partition coefficient (Wildman–Crippen LogP) is 21.4. The summed E-state index contributed by atoms with van der Waals surface area (Å²) in [5.74, 6) is -0.914. The molecule has 0 aromatic carbocycles. The normalized spacial score (nSPS) is 12.8. The molecule has 6 nitrogen and oxygen atoms in total. The molecule has 0 fully saturated rings. The number of unbranched alkanes of at least 4 members (excludes halogenated alkanes) is 27. The third-order valence-corrected chi connectivity index (χ3v) is 13.3. The number of hydrogen-bond donors (Lipinski definition) is 0. The fourth-order valence-electron chi connectivity index (χ4n) is 8.64. The predicted molar refractivity (Wildman–Crippen MR) is 325 cm³/mol. The Morgan fingerprint density at radius 1 is 0.280 bits per heavy atom. The molecular weight excluding hydrogens is 925 g/mol. The van der Waals surface area contributed by atoms with Crippen LogP contribution in [0.15, 0.2) is 109 Å². The Morgan fingerprint density at radius 3 is 0.827 bits per heavy atom. The van der Waals surface area contributed by atoms with E-state index in [1.165, 1.54) is 128 Å². The van der Waals surface area contributed by atoms with Crippen molar-refractivity contribution in [2.45, 2.75) is 297 Å². The summed E-state index contributed by atoms with van der Waals surface area (Å²) >= 11 is 0. The Hall–Kier alpha value is -3.93. The smallest absolute Gasteiger partial charge is 0.306 e. The van der Waals surface area contributed by atoms with Crippen molar-refractivity contribution in [3.05, 3.63) is 109 Å². The Kier molecular flexibility index (Phi) is 59.3. The maximum absolute atomic E-state index is 12.8. The zero-order valence-electron chi connectivity index (χ0n) is 49.0. The largest absolute Gasteiger partial charge is 0.462 e. The summed E-state index contributed by atoms with van der Waals surface area (Å²) < 4.78 is 16.9. The molecule has 0 radical (unpaired) electrons. The Balaban J connectivity index is 4.21. The minimum absolute atomic E-state index is 0.0878. The van der Waals surface area contributed by atoms with Crippen LogP contribution in [0.1, 0.15) is 290 Å². The summed E-state index contributed by atoms with van der Waals surface area (Å²) in [4.78, 5) is 38.2. The number of allylic oxidation sites excluding steroid dienone is 18. The first kappa shape index (κ1) is 71.1. The summed E-state index contributed by atoms with van der Waals surface area (Å²) in [7, 11) is 0. The highest BCUT2D eigenvalue weighted by atomic mass is 16.6. The zero-order chi connectivity index (χ0) is 54.3. The molecule has 0 aliphatic heterocycles. The summed E-state index contributed by atoms with van der Waals surface area (Å²) in [6.07, 6.45) is 85.3. The second kappa shape index (κ2) is 62.6. The van der Waals surface area contributed by atoms with Gasteiger partial charge < -0.3 is 14.2 Å². The number of rotatable bonds is 56. The highest BCUT2D eigenvalue weighted by molar-refractivity contribution is 5.71. The monoisotopic (exact) mass is 1040 g/mol. The van der Waals surface area contributed by atoms with E-state index in [2.05, 4.69) is 130 Å². The Labute approximate surface area is 463 Å². The molecule has 6 heteroatoms. The van der Waals surface area contributed by atoms with Crippen molar-refractivity contribution in [3.8, 4) is 0 Å². The molecule has 0 aromatic rings. The molecule has 0 rings (SSSR count). The molecule has 428 valence electrons. The summed E-state index contributed by atoms with van der Waals surface area (Å²) in [6.45, 7) is 6.40. The standard InChI is InChI=1S/C69H116O6/c1-4-7-10-13-16-19-22-25-26-27-28-29-30-31-32-33-34-35-36-37-38-39-40-41-42-45-47-50-53-56-59-62-68(71)74-65-66(75-69(72)63-60-57-54-51-48-44-24-21-18-15-12-9-6-3)64-73-67(70)61-58-55-52-49-46-43-23-20-17-14-11-8-5-2/h7,9-10,12,16,18-19,21,25-26,28-29,31-32,34-35,44,48,66H,4-6,8,11,13-15,17,20,22-24,27,30,33,36-43,45-47,49-65H2,1-3H3/b10-7-,12-9-,19-16-,21-18-,26-25-,29-28-,32-31-,35-34-,48-44-. The lowest BCUT2D eigenvalue weighted by Gasteiger charge is -2.18. The van der Waals surface area contributed by atoms with Crippen molar-refractivity contribution < 1.29 is 28.6 Å². The van der Waals surface area contributed by atoms with E-state index in [-0.39, 0.29) is 31.1 Å². The molecule has 0 spiro atoms. The maximum atomic E-state index is 12.8. The van der Waals surface area contributed by atoms with Crippen LogP contribution >= 0.6 is 0 Å². The van der Waals surface area contributed by atoms with Gasteiger partial charge in [-0.15, -0.1) is 0 Å². The van der Waals surface area contributed by atoms with Crippen molar-refractivity contribution >= 4 is 17.9 Å². The van der Waals surface area contributed by atoms with Gasteiger partial charge in [-0.05, 0) is 103 Å². The van der Waals surface area contributed by atoms with Crippen LogP contribution in [0.4, 0.5) is 0 Å². The zero-order valence-corrected chi connectivity index (χ0v) is 49.0. The van der Waals surface area contributed by atoms with Gasteiger partial charge in [0, 0.05) is 19.3 Å². The van der Waals surface area contributed by atoms with E-state index in [1.54, 1.807) is 0 Å². The lowest BCUT2D eigenvalue weighted by molar-refractivity contribution is -0.167. The van der Waals surface area contributed by atoms with Crippen molar-refractivity contribution in [3.63, 3.8) is 0 Å². The van der Waals surface area contributed by atoms with Crippen molar-refractivity contribution in [1.82, 2.24) is 0 Å². The quantitative estimate of drug-likeness (QED) is 0.0261. The summed E-state index contributed by atoms with van der Waals surface area (Å²) in [6, 6.07) is 0. The van der Waals surface area contributed by atoms with Gasteiger partial charge in [-0.1, -0.05) is 278 Å². The van der Waals surface area contributed by atoms with E-state index in [4.69, 9.17) is 14.2 Å². The molecular formula is C69H116O6. The van der Waals surface area contributed by atoms with Crippen LogP contribution in [0, 0.1) is 0 Å². The fourth-order valence-corrected chi connectivity index (χ4v) is 8.64. The summed E-state index contributed by atoms with van der Waals surface area (Å²) in [5.41, 5.74) is 0. The highest BCUT2D eigenvalue weighted by Gasteiger charge is 2.19. The molecule has 0 saturated heterocycles. The average Bonchev–Trinajstić information content (AvgIpc) is 3.41. The molecule has 0 aliphatic rings. The molecule has 0 aromatic heterocycles. The van der Waals surface area contributed by atoms with Crippen LogP contribution in [0.3, 0.4) is 0 Å². The topological polar surface area (TPSA) is 78.9 Å². The van der Waals surface area contributed by atoms with Crippen LogP contribution < -0.4 is 0 Å². The fraction of sp³-hybridized carbons (Fsp3) is 0.696. The summed E-state index contributed by atoms with van der Waals surface area (Å²) in [5, 5.41) is 0. The van der Waals surface area contributed by atoms with Gasteiger partial charge in [-0.3, -0.25) is 14.4 Å². The number of carbonyl (C=O) groups excluding carboxylic acids is 3. The van der Waals surface area contributed by atoms with Gasteiger partial charge in [0.1, 0.15) is 13.2 Å². The van der Waals surface area contributed by atoms with E-state index in [1.807, 2.05) is 0 Å². The molecule has 0 bridgehead atoms. The van der Waals surface area contributed by atoms with Gasteiger partial charge in [0.2, 0.25) is 0 Å². The van der Waals surface area contributed by atoms with E-state index in [9.17, 15) is 14.4 Å². The molecule has 0 amide bonds. The number of carbonyl (C=O) groups is 3. The van der Waals surface area contributed by atoms with Crippen LogP contribution in [0.2, 0.25) is 0 Å². The van der Waals surface area contributed by atoms with E-state index < -0.39 is 6.10 Å². The third kappa shape index (κ3) is 60.8. The Morgan fingerprint density at radius 2 is 0.520 bits per heavy atom. The van der Waals surface area contributed by atoms with Gasteiger partial charge in [0.25, 0.3) is 0 Å². The Bertz CT molecular complexity index is 1520. The SMILES string of the molecule is CC/C=C\C/C=C\C/C=C\C/C=C\C/C=C\C/C=C\CCCCCCCCCCCCCCC(=O)OCC(COC(=O)CCCCCCCCCCCCCCC)OC(=O)CCCCC/C=C\C/C=C\C/C=C\CC. The molecule has 1 unspecified atom stereocenters. The van der Waals surface area contributed by atoms with Gasteiger partial charge >= 0.3 is 17.9 Å². The first-order chi connectivity index (χ1) is 37.0. The van der Waals surface area contributed by atoms with Crippen LogP contribution in [0.5, 0.6) is 0 Å². The molecule has 75 heavy (non-hydrogen) atoms. The van der Waals surface area contributed by atoms with Gasteiger partial charge in [-0.25, -0.2) is 0 Å². The number of hydrogen-bond acceptors (Lipinski definition) is 6. The second-order valence-electron chi connectivity index (χ2n) is 20.6. The first-order valence-corrected chi connectivity index (χ1v) is 31.4. The van der Waals surface area contributed by atoms with E-state index in [0.29, 0.717) is 19.3 Å². The molecule has 1 atom stereocenters. The van der Waals surface area contributed by atoms with Crippen molar-refractivity contribution in [1.29, 1.82) is 0 Å². The minimum atomic E-state index is -0.793. The third-order valence-electron chi connectivity index (χ3n) is 13.3. The van der Waals surface area contributed by atoms with Crippen LogP contribution in [-0.4, -0.2) is 37.2 Å². The van der Waals surface area contributed by atoms with Crippen LogP contribution in [0.25, 0.3) is 0 Å². The van der Waals surface area contributed by atoms with Crippen molar-refractivity contribution in [2.24, 2.45) is 0 Å². The maximum Gasteiger partial charge on any atom is 0.306 e. The average molecular weight is 1040 g/mol. The lowest BCUT2D eigenvalue weighted by atomic mass is 10.0.